The Bertz CT molecular complexity index is 620. The maximum atomic E-state index is 12.3. The number of carbonyl (C=O) groups is 2. The molecule has 0 saturated heterocycles. The maximum absolute atomic E-state index is 12.3. The largest absolute Gasteiger partial charge is 0.480 e. The molecule has 1 heterocycles. The second kappa shape index (κ2) is 5.48. The normalized spacial score (nSPS) is 10.4. The Kier molecular flexibility index (Phi) is 3.75. The molecule has 5 nitrogen and oxygen atoms in total. The number of benzene rings is 1. The van der Waals surface area contributed by atoms with Gasteiger partial charge in [0.15, 0.2) is 0 Å². The molecule has 5 heteroatoms. The van der Waals surface area contributed by atoms with Gasteiger partial charge in [0, 0.05) is 18.1 Å². The standard InChI is InChI=1S/C14H14N2O3/c1-2-16(9-12(17)18)14(19)13-11-6-4-3-5-10(11)7-8-15-13/h3-8H,2,9H2,1H3,(H,17,18). The van der Waals surface area contributed by atoms with Crippen LogP contribution in [-0.4, -0.2) is 40.0 Å². The molecular weight excluding hydrogens is 244 g/mol. The predicted molar refractivity (Wildman–Crippen MR) is 71.0 cm³/mol. The molecule has 0 radical (unpaired) electrons. The van der Waals surface area contributed by atoms with Crippen LogP contribution in [0.5, 0.6) is 0 Å². The average molecular weight is 258 g/mol. The van der Waals surface area contributed by atoms with Crippen molar-refractivity contribution < 1.29 is 14.7 Å². The molecule has 0 unspecified atom stereocenters. The number of carboxylic acid groups (broad SMARTS) is 1. The van der Waals surface area contributed by atoms with Crippen LogP contribution in [0, 0.1) is 0 Å². The maximum Gasteiger partial charge on any atom is 0.323 e. The molecule has 2 rings (SSSR count). The minimum absolute atomic E-state index is 0.293. The van der Waals surface area contributed by atoms with Crippen LogP contribution in [0.2, 0.25) is 0 Å². The Hall–Kier alpha value is -2.43. The van der Waals surface area contributed by atoms with Crippen molar-refractivity contribution in [3.8, 4) is 0 Å². The van der Waals surface area contributed by atoms with Crippen LogP contribution in [-0.2, 0) is 4.79 Å². The van der Waals surface area contributed by atoms with Gasteiger partial charge in [-0.2, -0.15) is 0 Å². The van der Waals surface area contributed by atoms with Gasteiger partial charge < -0.3 is 10.0 Å². The lowest BCUT2D eigenvalue weighted by Crippen LogP contribution is -2.36. The number of aliphatic carboxylic acids is 1. The van der Waals surface area contributed by atoms with E-state index in [1.54, 1.807) is 13.1 Å². The van der Waals surface area contributed by atoms with Gasteiger partial charge in [-0.3, -0.25) is 14.6 Å². The van der Waals surface area contributed by atoms with E-state index in [9.17, 15) is 9.59 Å². The van der Waals surface area contributed by atoms with Crippen molar-refractivity contribution in [2.75, 3.05) is 13.1 Å². The molecule has 0 spiro atoms. The lowest BCUT2D eigenvalue weighted by atomic mass is 10.1. The van der Waals surface area contributed by atoms with Crippen LogP contribution in [0.25, 0.3) is 10.8 Å². The lowest BCUT2D eigenvalue weighted by Gasteiger charge is -2.18. The Morgan fingerprint density at radius 2 is 2.00 bits per heavy atom. The van der Waals surface area contributed by atoms with Gasteiger partial charge in [-0.25, -0.2) is 0 Å². The summed E-state index contributed by atoms with van der Waals surface area (Å²) in [6.07, 6.45) is 1.56. The van der Waals surface area contributed by atoms with Gasteiger partial charge >= 0.3 is 5.97 Å². The summed E-state index contributed by atoms with van der Waals surface area (Å²) in [5.41, 5.74) is 0.293. The first-order chi connectivity index (χ1) is 9.13. The molecule has 0 fully saturated rings. The highest BCUT2D eigenvalue weighted by atomic mass is 16.4. The number of rotatable bonds is 4. The molecule has 0 aliphatic heterocycles. The molecule has 98 valence electrons. The molecule has 0 saturated carbocycles. The van der Waals surface area contributed by atoms with Crippen LogP contribution in [0.3, 0.4) is 0 Å². The third kappa shape index (κ3) is 2.70. The second-order valence-corrected chi connectivity index (χ2v) is 4.09. The average Bonchev–Trinajstić information content (AvgIpc) is 2.43. The van der Waals surface area contributed by atoms with Gasteiger partial charge in [-0.15, -0.1) is 0 Å². The fourth-order valence-electron chi connectivity index (χ4n) is 1.93. The minimum atomic E-state index is -1.03. The van der Waals surface area contributed by atoms with E-state index in [1.165, 1.54) is 4.90 Å². The molecule has 0 bridgehead atoms. The number of aromatic nitrogens is 1. The number of nitrogens with zero attached hydrogens (tertiary/aromatic N) is 2. The monoisotopic (exact) mass is 258 g/mol. The molecule has 0 aliphatic rings. The Morgan fingerprint density at radius 3 is 2.68 bits per heavy atom. The smallest absolute Gasteiger partial charge is 0.323 e. The first-order valence-corrected chi connectivity index (χ1v) is 5.98. The zero-order valence-corrected chi connectivity index (χ0v) is 10.5. The van der Waals surface area contributed by atoms with Gasteiger partial charge in [-0.05, 0) is 18.4 Å². The van der Waals surface area contributed by atoms with Gasteiger partial charge in [0.2, 0.25) is 0 Å². The number of carbonyl (C=O) groups excluding carboxylic acids is 1. The van der Waals surface area contributed by atoms with E-state index in [0.717, 1.165) is 10.8 Å². The summed E-state index contributed by atoms with van der Waals surface area (Å²) in [5.74, 6) is -1.39. The SMILES string of the molecule is CCN(CC(=O)O)C(=O)c1nccc2ccccc12. The first kappa shape index (κ1) is 13.0. The number of hydrogen-bond donors (Lipinski definition) is 1. The van der Waals surface area contributed by atoms with Crippen molar-refractivity contribution >= 4 is 22.6 Å². The van der Waals surface area contributed by atoms with Crippen molar-refractivity contribution in [3.05, 3.63) is 42.2 Å². The van der Waals surface area contributed by atoms with E-state index < -0.39 is 5.97 Å². The Labute approximate surface area is 110 Å². The van der Waals surface area contributed by atoms with Crippen molar-refractivity contribution in [2.24, 2.45) is 0 Å². The van der Waals surface area contributed by atoms with E-state index in [2.05, 4.69) is 4.98 Å². The number of fused-ring (bicyclic) bond motifs is 1. The Morgan fingerprint density at radius 1 is 1.26 bits per heavy atom. The molecule has 19 heavy (non-hydrogen) atoms. The van der Waals surface area contributed by atoms with Gasteiger partial charge in [0.05, 0.1) is 0 Å². The third-order valence-electron chi connectivity index (χ3n) is 2.87. The quantitative estimate of drug-likeness (QED) is 0.907. The van der Waals surface area contributed by atoms with Crippen molar-refractivity contribution in [1.82, 2.24) is 9.88 Å². The molecule has 2 aromatic rings. The summed E-state index contributed by atoms with van der Waals surface area (Å²) in [7, 11) is 0. The zero-order chi connectivity index (χ0) is 13.8. The highest BCUT2D eigenvalue weighted by Crippen LogP contribution is 2.17. The molecular formula is C14H14N2O3. The highest BCUT2D eigenvalue weighted by Gasteiger charge is 2.19. The van der Waals surface area contributed by atoms with Crippen LogP contribution < -0.4 is 0 Å². The zero-order valence-electron chi connectivity index (χ0n) is 10.5. The summed E-state index contributed by atoms with van der Waals surface area (Å²) in [5, 5.41) is 10.5. The van der Waals surface area contributed by atoms with E-state index in [4.69, 9.17) is 5.11 Å². The van der Waals surface area contributed by atoms with Gasteiger partial charge in [0.1, 0.15) is 12.2 Å². The molecule has 1 N–H and O–H groups in total. The van der Waals surface area contributed by atoms with Crippen molar-refractivity contribution in [3.63, 3.8) is 0 Å². The molecule has 0 aliphatic carbocycles. The first-order valence-electron chi connectivity index (χ1n) is 5.98. The van der Waals surface area contributed by atoms with Gasteiger partial charge in [-0.1, -0.05) is 24.3 Å². The number of likely N-dealkylation sites (N-methyl/N-ethyl adjacent to an activating group) is 1. The van der Waals surface area contributed by atoms with Crippen LogP contribution in [0.15, 0.2) is 36.5 Å². The summed E-state index contributed by atoms with van der Waals surface area (Å²) < 4.78 is 0. The summed E-state index contributed by atoms with van der Waals surface area (Å²) in [6.45, 7) is 1.75. The predicted octanol–water partition coefficient (Wildman–Crippen LogP) is 1.78. The lowest BCUT2D eigenvalue weighted by molar-refractivity contribution is -0.137. The van der Waals surface area contributed by atoms with Crippen LogP contribution in [0.1, 0.15) is 17.4 Å². The summed E-state index contributed by atoms with van der Waals surface area (Å²) >= 11 is 0. The third-order valence-corrected chi connectivity index (χ3v) is 2.87. The Balaban J connectivity index is 2.43. The van der Waals surface area contributed by atoms with E-state index in [-0.39, 0.29) is 12.5 Å². The van der Waals surface area contributed by atoms with E-state index in [0.29, 0.717) is 12.2 Å². The fraction of sp³-hybridized carbons (Fsp3) is 0.214. The van der Waals surface area contributed by atoms with Crippen LogP contribution in [0.4, 0.5) is 0 Å². The van der Waals surface area contributed by atoms with Crippen LogP contribution >= 0.6 is 0 Å². The number of hydrogen-bond acceptors (Lipinski definition) is 3. The molecule has 1 aromatic heterocycles. The number of amides is 1. The second-order valence-electron chi connectivity index (χ2n) is 4.09. The number of pyridine rings is 1. The topological polar surface area (TPSA) is 70.5 Å². The molecule has 1 amide bonds. The fourth-order valence-corrected chi connectivity index (χ4v) is 1.93. The molecule has 0 atom stereocenters. The summed E-state index contributed by atoms with van der Waals surface area (Å²) in [6, 6.07) is 9.23. The number of carboxylic acids is 1. The van der Waals surface area contributed by atoms with Crippen molar-refractivity contribution in [1.29, 1.82) is 0 Å². The van der Waals surface area contributed by atoms with E-state index >= 15 is 0 Å². The summed E-state index contributed by atoms with van der Waals surface area (Å²) in [4.78, 5) is 28.4. The highest BCUT2D eigenvalue weighted by molar-refractivity contribution is 6.05. The molecule has 1 aromatic carbocycles. The minimum Gasteiger partial charge on any atom is -0.480 e. The van der Waals surface area contributed by atoms with Crippen molar-refractivity contribution in [2.45, 2.75) is 6.92 Å². The van der Waals surface area contributed by atoms with E-state index in [1.807, 2.05) is 30.3 Å². The van der Waals surface area contributed by atoms with Gasteiger partial charge in [0.25, 0.3) is 5.91 Å².